The van der Waals surface area contributed by atoms with Gasteiger partial charge in [-0.2, -0.15) is 4.31 Å². The van der Waals surface area contributed by atoms with Crippen LogP contribution in [0.4, 0.5) is 0 Å². The molecule has 0 aromatic rings. The molecule has 20 heavy (non-hydrogen) atoms. The van der Waals surface area contributed by atoms with E-state index in [4.69, 9.17) is 4.74 Å². The second-order valence-corrected chi connectivity index (χ2v) is 7.26. The minimum atomic E-state index is -3.47. The number of piperidine rings is 1. The number of sulfonamides is 1. The lowest BCUT2D eigenvalue weighted by molar-refractivity contribution is -0.142. The Morgan fingerprint density at radius 2 is 2.15 bits per heavy atom. The molecule has 0 aromatic carbocycles. The van der Waals surface area contributed by atoms with Gasteiger partial charge in [0.15, 0.2) is 0 Å². The summed E-state index contributed by atoms with van der Waals surface area (Å²) in [7, 11) is -3.47. The van der Waals surface area contributed by atoms with Crippen molar-refractivity contribution in [3.05, 3.63) is 0 Å². The molecule has 1 saturated heterocycles. The van der Waals surface area contributed by atoms with Crippen LogP contribution < -0.4 is 0 Å². The fourth-order valence-corrected chi connectivity index (χ4v) is 4.24. The van der Waals surface area contributed by atoms with Gasteiger partial charge < -0.3 is 9.84 Å². The molecule has 1 rings (SSSR count). The van der Waals surface area contributed by atoms with Gasteiger partial charge in [-0.1, -0.05) is 6.42 Å². The third-order valence-corrected chi connectivity index (χ3v) is 5.33. The molecule has 1 N–H and O–H groups in total. The van der Waals surface area contributed by atoms with Crippen LogP contribution in [0.25, 0.3) is 0 Å². The number of aliphatic hydroxyl groups is 1. The number of nitrogens with zero attached hydrogens (tertiary/aromatic N) is 1. The van der Waals surface area contributed by atoms with Crippen molar-refractivity contribution in [2.75, 3.05) is 18.9 Å². The second kappa shape index (κ2) is 7.95. The van der Waals surface area contributed by atoms with E-state index in [1.165, 1.54) is 4.31 Å². The molecule has 0 radical (unpaired) electrons. The Morgan fingerprint density at radius 1 is 1.45 bits per heavy atom. The predicted octanol–water partition coefficient (Wildman–Crippen LogP) is 0.895. The highest BCUT2D eigenvalue weighted by atomic mass is 32.2. The number of carbonyl (C=O) groups excluding carboxylic acids is 1. The maximum atomic E-state index is 12.3. The molecule has 6 nitrogen and oxygen atoms in total. The summed E-state index contributed by atoms with van der Waals surface area (Å²) in [6, 6.07) is -0.157. The van der Waals surface area contributed by atoms with Gasteiger partial charge in [0.05, 0.1) is 24.9 Å². The molecule has 0 aliphatic carbocycles. The number of hydrogen-bond donors (Lipinski definition) is 1. The zero-order valence-corrected chi connectivity index (χ0v) is 13.1. The van der Waals surface area contributed by atoms with E-state index >= 15 is 0 Å². The first-order valence-corrected chi connectivity index (χ1v) is 8.81. The number of esters is 1. The summed E-state index contributed by atoms with van der Waals surface area (Å²) < 4.78 is 30.9. The van der Waals surface area contributed by atoms with Crippen molar-refractivity contribution in [2.45, 2.75) is 58.1 Å². The molecule has 0 spiro atoms. The molecule has 1 aliphatic heterocycles. The van der Waals surface area contributed by atoms with Crippen LogP contribution in [-0.4, -0.2) is 54.8 Å². The van der Waals surface area contributed by atoms with Crippen LogP contribution in [0.3, 0.4) is 0 Å². The van der Waals surface area contributed by atoms with Gasteiger partial charge in [0.25, 0.3) is 0 Å². The minimum absolute atomic E-state index is 0.117. The zero-order valence-electron chi connectivity index (χ0n) is 12.2. The third kappa shape index (κ3) is 5.38. The fraction of sp³-hybridized carbons (Fsp3) is 0.923. The van der Waals surface area contributed by atoms with Gasteiger partial charge in [-0.15, -0.1) is 0 Å². The van der Waals surface area contributed by atoms with E-state index in [1.807, 2.05) is 0 Å². The van der Waals surface area contributed by atoms with E-state index in [-0.39, 0.29) is 24.8 Å². The van der Waals surface area contributed by atoms with Crippen LogP contribution in [0, 0.1) is 0 Å². The molecule has 0 amide bonds. The normalized spacial score (nSPS) is 22.4. The standard InChI is InChI=1S/C13H25NO5S/c1-3-19-13(16)7-9-20(17,18)14-8-5-4-6-12(14)10-11(2)15/h11-12,15H,3-10H2,1-2H3. The first kappa shape index (κ1) is 17.4. The highest BCUT2D eigenvalue weighted by molar-refractivity contribution is 7.89. The molecule has 0 saturated carbocycles. The fourth-order valence-electron chi connectivity index (χ4n) is 2.53. The largest absolute Gasteiger partial charge is 0.466 e. The molecule has 2 unspecified atom stereocenters. The summed E-state index contributed by atoms with van der Waals surface area (Å²) >= 11 is 0. The minimum Gasteiger partial charge on any atom is -0.466 e. The van der Waals surface area contributed by atoms with Gasteiger partial charge in [-0.25, -0.2) is 8.42 Å². The van der Waals surface area contributed by atoms with E-state index in [0.717, 1.165) is 19.3 Å². The highest BCUT2D eigenvalue weighted by Gasteiger charge is 2.33. The topological polar surface area (TPSA) is 83.9 Å². The SMILES string of the molecule is CCOC(=O)CCS(=O)(=O)N1CCCCC1CC(C)O. The van der Waals surface area contributed by atoms with E-state index in [9.17, 15) is 18.3 Å². The summed E-state index contributed by atoms with van der Waals surface area (Å²) in [5, 5.41) is 9.48. The van der Waals surface area contributed by atoms with Gasteiger partial charge in [0.1, 0.15) is 0 Å². The van der Waals surface area contributed by atoms with Crippen LogP contribution in [-0.2, 0) is 19.6 Å². The smallest absolute Gasteiger partial charge is 0.306 e. The number of aliphatic hydroxyl groups excluding tert-OH is 1. The van der Waals surface area contributed by atoms with Crippen LogP contribution >= 0.6 is 0 Å². The summed E-state index contributed by atoms with van der Waals surface area (Å²) in [6.45, 7) is 4.09. The maximum Gasteiger partial charge on any atom is 0.306 e. The first-order chi connectivity index (χ1) is 9.36. The molecule has 7 heteroatoms. The van der Waals surface area contributed by atoms with E-state index < -0.39 is 22.1 Å². The van der Waals surface area contributed by atoms with Gasteiger partial charge in [-0.05, 0) is 33.1 Å². The van der Waals surface area contributed by atoms with Crippen LogP contribution in [0.5, 0.6) is 0 Å². The molecule has 1 aliphatic rings. The molecular weight excluding hydrogens is 282 g/mol. The van der Waals surface area contributed by atoms with Crippen LogP contribution in [0.2, 0.25) is 0 Å². The molecular formula is C13H25NO5S. The van der Waals surface area contributed by atoms with Crippen molar-refractivity contribution in [1.82, 2.24) is 4.31 Å². The number of carbonyl (C=O) groups is 1. The Kier molecular flexibility index (Phi) is 6.91. The van der Waals surface area contributed by atoms with Crippen LogP contribution in [0.15, 0.2) is 0 Å². The van der Waals surface area contributed by atoms with Gasteiger partial charge in [0, 0.05) is 12.6 Å². The average Bonchev–Trinajstić information content (AvgIpc) is 2.37. The average molecular weight is 307 g/mol. The number of hydrogen-bond acceptors (Lipinski definition) is 5. The van der Waals surface area contributed by atoms with E-state index in [1.54, 1.807) is 13.8 Å². The highest BCUT2D eigenvalue weighted by Crippen LogP contribution is 2.24. The van der Waals surface area contributed by atoms with Crippen LogP contribution in [0.1, 0.15) is 46.0 Å². The zero-order chi connectivity index (χ0) is 15.2. The van der Waals surface area contributed by atoms with Crippen molar-refractivity contribution in [3.63, 3.8) is 0 Å². The van der Waals surface area contributed by atoms with Crippen molar-refractivity contribution in [1.29, 1.82) is 0 Å². The molecule has 1 fully saturated rings. The number of rotatable bonds is 7. The van der Waals surface area contributed by atoms with Gasteiger partial charge >= 0.3 is 5.97 Å². The van der Waals surface area contributed by atoms with Crippen molar-refractivity contribution < 1.29 is 23.1 Å². The third-order valence-electron chi connectivity index (χ3n) is 3.41. The van der Waals surface area contributed by atoms with E-state index in [0.29, 0.717) is 13.0 Å². The van der Waals surface area contributed by atoms with Crippen molar-refractivity contribution >= 4 is 16.0 Å². The summed E-state index contributed by atoms with van der Waals surface area (Å²) in [4.78, 5) is 11.3. The molecule has 0 bridgehead atoms. The molecule has 0 aromatic heterocycles. The maximum absolute atomic E-state index is 12.3. The van der Waals surface area contributed by atoms with Crippen molar-refractivity contribution in [3.8, 4) is 0 Å². The lowest BCUT2D eigenvalue weighted by atomic mass is 10.00. The Balaban J connectivity index is 2.65. The Bertz CT molecular complexity index is 407. The van der Waals surface area contributed by atoms with Crippen molar-refractivity contribution in [2.24, 2.45) is 0 Å². The Hall–Kier alpha value is -0.660. The monoisotopic (exact) mass is 307 g/mol. The Labute approximate surface area is 121 Å². The molecule has 2 atom stereocenters. The predicted molar refractivity (Wildman–Crippen MR) is 75.7 cm³/mol. The Morgan fingerprint density at radius 3 is 2.75 bits per heavy atom. The quantitative estimate of drug-likeness (QED) is 0.706. The molecule has 118 valence electrons. The lowest BCUT2D eigenvalue weighted by Crippen LogP contribution is -2.46. The summed E-state index contributed by atoms with van der Waals surface area (Å²) in [5.74, 6) is -0.706. The van der Waals surface area contributed by atoms with Gasteiger partial charge in [0.2, 0.25) is 10.0 Å². The summed E-state index contributed by atoms with van der Waals surface area (Å²) in [6.07, 6.45) is 2.37. The molecule has 1 heterocycles. The van der Waals surface area contributed by atoms with E-state index in [2.05, 4.69) is 0 Å². The number of ether oxygens (including phenoxy) is 1. The second-order valence-electron chi connectivity index (χ2n) is 5.22. The first-order valence-electron chi connectivity index (χ1n) is 7.20. The summed E-state index contributed by atoms with van der Waals surface area (Å²) in [5.41, 5.74) is 0. The lowest BCUT2D eigenvalue weighted by Gasteiger charge is -2.35. The van der Waals surface area contributed by atoms with Gasteiger partial charge in [-0.3, -0.25) is 4.79 Å².